The van der Waals surface area contributed by atoms with Gasteiger partial charge in [0.05, 0.1) is 46.2 Å². The summed E-state index contributed by atoms with van der Waals surface area (Å²) in [5.74, 6) is -0.193. The molecule has 14 nitrogen and oxygen atoms in total. The number of benzene rings is 2. The van der Waals surface area contributed by atoms with E-state index >= 15 is 0 Å². The second kappa shape index (κ2) is 22.8. The fraction of sp³-hybridized carbons (Fsp3) is 0.455. The maximum Gasteiger partial charge on any atom is 0.417 e. The number of ether oxygens (including phenoxy) is 2. The number of hydrogen-bond donors (Lipinski definition) is 0. The number of carbonyl (C=O) groups is 2. The first kappa shape index (κ1) is 57.6. The van der Waals surface area contributed by atoms with Gasteiger partial charge in [-0.2, -0.15) is 39.8 Å². The molecule has 8 heterocycles. The lowest BCUT2D eigenvalue weighted by molar-refractivity contribution is -0.146. The number of likely N-dealkylation sites (tertiary alicyclic amines) is 2. The van der Waals surface area contributed by atoms with Crippen LogP contribution < -0.4 is 11.1 Å². The van der Waals surface area contributed by atoms with E-state index in [0.717, 1.165) is 57.5 Å². The second-order valence-corrected chi connectivity index (χ2v) is 20.2. The van der Waals surface area contributed by atoms with Gasteiger partial charge in [-0.25, -0.2) is 0 Å². The molecule has 0 bridgehead atoms. The first-order chi connectivity index (χ1) is 35.2. The van der Waals surface area contributed by atoms with Gasteiger partial charge < -0.3 is 28.4 Å². The molecule has 0 aliphatic carbocycles. The molecule has 0 N–H and O–H groups in total. The molecular formula is C55H64F6N8O6S. The number of aryl methyl sites for hydroxylation is 2. The van der Waals surface area contributed by atoms with E-state index in [2.05, 4.69) is 19.8 Å². The number of methoxy groups -OCH3 is 2. The van der Waals surface area contributed by atoms with E-state index in [9.17, 15) is 45.5 Å². The van der Waals surface area contributed by atoms with Gasteiger partial charge in [0, 0.05) is 129 Å². The Morgan fingerprint density at radius 1 is 0.592 bits per heavy atom. The van der Waals surface area contributed by atoms with Crippen molar-refractivity contribution in [2.45, 2.75) is 71.6 Å². The highest BCUT2D eigenvalue weighted by Gasteiger charge is 2.49. The normalized spacial score (nSPS) is 19.9. The van der Waals surface area contributed by atoms with Crippen molar-refractivity contribution in [2.75, 3.05) is 66.7 Å². The number of alkyl halides is 6. The van der Waals surface area contributed by atoms with E-state index in [1.807, 2.05) is 48.5 Å². The zero-order chi connectivity index (χ0) is 52.7. The van der Waals surface area contributed by atoms with E-state index in [1.54, 1.807) is 59.4 Å². The lowest BCUT2D eigenvalue weighted by Gasteiger charge is -2.36. The smallest absolute Gasteiger partial charge is 0.384 e. The summed E-state index contributed by atoms with van der Waals surface area (Å²) >= 11 is 0. The third-order valence-corrected chi connectivity index (χ3v) is 15.1. The van der Waals surface area contributed by atoms with Crippen LogP contribution in [-0.4, -0.2) is 117 Å². The summed E-state index contributed by atoms with van der Waals surface area (Å²) < 4.78 is 93.5. The van der Waals surface area contributed by atoms with Gasteiger partial charge in [-0.1, -0.05) is 31.7 Å². The Balaban J connectivity index is 0.000000216. The molecule has 2 saturated heterocycles. The molecule has 408 valence electrons. The van der Waals surface area contributed by atoms with Gasteiger partial charge in [-0.3, -0.25) is 38.9 Å². The molecule has 2 aromatic carbocycles. The van der Waals surface area contributed by atoms with Gasteiger partial charge in [0.1, 0.15) is 0 Å². The third-order valence-electron chi connectivity index (χ3n) is 15.1. The minimum Gasteiger partial charge on any atom is -0.384 e. The van der Waals surface area contributed by atoms with E-state index in [-0.39, 0.29) is 70.2 Å². The Morgan fingerprint density at radius 2 is 0.974 bits per heavy atom. The van der Waals surface area contributed by atoms with Crippen molar-refractivity contribution in [1.29, 1.82) is 0 Å². The molecule has 0 radical (unpaired) electrons. The highest BCUT2D eigenvalue weighted by molar-refractivity contribution is 7.59. The van der Waals surface area contributed by atoms with Crippen molar-refractivity contribution in [2.24, 2.45) is 24.9 Å². The summed E-state index contributed by atoms with van der Waals surface area (Å²) in [4.78, 5) is 67.4. The minimum atomic E-state index is -4.48. The molecule has 10 rings (SSSR count). The maximum absolute atomic E-state index is 13.8. The Morgan fingerprint density at radius 3 is 1.34 bits per heavy atom. The molecule has 4 aromatic heterocycles. The van der Waals surface area contributed by atoms with Crippen LogP contribution in [-0.2, 0) is 84.5 Å². The van der Waals surface area contributed by atoms with E-state index in [4.69, 9.17) is 9.47 Å². The molecule has 0 unspecified atom stereocenters. The van der Waals surface area contributed by atoms with Crippen molar-refractivity contribution >= 4 is 47.1 Å². The molecule has 4 aliphatic heterocycles. The van der Waals surface area contributed by atoms with Crippen molar-refractivity contribution in [3.8, 4) is 0 Å². The molecule has 6 aromatic rings. The Labute approximate surface area is 443 Å². The molecule has 2 fully saturated rings. The van der Waals surface area contributed by atoms with Crippen molar-refractivity contribution in [3.63, 3.8) is 0 Å². The molecule has 0 spiro atoms. The van der Waals surface area contributed by atoms with Crippen LogP contribution in [0.25, 0.3) is 21.8 Å². The SMILES string of the molecule is C.COC[C@@]1(C(=O)N2CCc3ncc(C(F)(F)F)cc3C2)CCN(Cc2ccc3ccc(=O)n(C)c3c2)C1.COC[C@]1(C(=O)N2CCc3ncc(C(F)(F)F)cc3C2)CCN(Cc2ccc3ccc(=O)n(C)c3c2)C1.S. The largest absolute Gasteiger partial charge is 0.417 e. The highest BCUT2D eigenvalue weighted by atomic mass is 32.1. The topological polar surface area (TPSA) is 135 Å². The summed E-state index contributed by atoms with van der Waals surface area (Å²) in [6.45, 7) is 5.06. The van der Waals surface area contributed by atoms with Crippen molar-refractivity contribution in [3.05, 3.63) is 151 Å². The van der Waals surface area contributed by atoms with Crippen molar-refractivity contribution in [1.82, 2.24) is 38.7 Å². The Kier molecular flexibility index (Phi) is 17.3. The van der Waals surface area contributed by atoms with Gasteiger partial charge in [0.2, 0.25) is 11.8 Å². The number of rotatable bonds is 10. The zero-order valence-electron chi connectivity index (χ0n) is 42.2. The number of hydrogen-bond acceptors (Lipinski definition) is 10. The number of nitrogens with zero attached hydrogens (tertiary/aromatic N) is 8. The quantitative estimate of drug-likeness (QED) is 0.127. The maximum atomic E-state index is 13.8. The summed E-state index contributed by atoms with van der Waals surface area (Å²) in [6.07, 6.45) is -5.21. The predicted octanol–water partition coefficient (Wildman–Crippen LogP) is 7.50. The fourth-order valence-electron chi connectivity index (χ4n) is 11.2. The number of fused-ring (bicyclic) bond motifs is 4. The van der Waals surface area contributed by atoms with Crippen LogP contribution in [0.3, 0.4) is 0 Å². The fourth-order valence-corrected chi connectivity index (χ4v) is 11.2. The molecule has 2 amide bonds. The molecular weight excluding hydrogens is 1010 g/mol. The number of carbonyl (C=O) groups excluding carboxylic acids is 2. The predicted molar refractivity (Wildman–Crippen MR) is 281 cm³/mol. The Hall–Kier alpha value is -6.13. The first-order valence-corrected chi connectivity index (χ1v) is 24.5. The van der Waals surface area contributed by atoms with Gasteiger partial charge >= 0.3 is 12.4 Å². The van der Waals surface area contributed by atoms with Crippen molar-refractivity contribution < 1.29 is 45.4 Å². The summed E-state index contributed by atoms with van der Waals surface area (Å²) in [5, 5.41) is 1.95. The number of halogens is 6. The summed E-state index contributed by atoms with van der Waals surface area (Å²) in [7, 11) is 6.62. The van der Waals surface area contributed by atoms with E-state index < -0.39 is 34.3 Å². The van der Waals surface area contributed by atoms with Crippen LogP contribution in [0.15, 0.2) is 94.8 Å². The van der Waals surface area contributed by atoms with Gasteiger partial charge in [0.15, 0.2) is 0 Å². The standard InChI is InChI=1S/2C27H29F3N4O3.CH4.H2S/c2*1-32-23-11-18(3-4-19(23)5-6-24(32)35)14-33-10-8-26(16-33,17-37-2)25(36)34-9-7-22-20(15-34)12-21(13-31-22)27(28,29)30;;/h2*3-6,11-13H,7-10,14-17H2,1-2H3;1H4;1H2/t2*26-;;/m10../s1. The lowest BCUT2D eigenvalue weighted by atomic mass is 9.85. The number of amides is 2. The number of aromatic nitrogens is 4. The summed E-state index contributed by atoms with van der Waals surface area (Å²) in [5.41, 5.74) is 2.58. The van der Waals surface area contributed by atoms with Crippen LogP contribution in [0.1, 0.15) is 65.0 Å². The zero-order valence-corrected chi connectivity index (χ0v) is 43.2. The molecule has 76 heavy (non-hydrogen) atoms. The van der Waals surface area contributed by atoms with Gasteiger partial charge in [0.25, 0.3) is 11.1 Å². The van der Waals surface area contributed by atoms with Crippen LogP contribution in [0.2, 0.25) is 0 Å². The lowest BCUT2D eigenvalue weighted by Crippen LogP contribution is -2.49. The number of pyridine rings is 4. The average molecular weight is 1080 g/mol. The molecule has 21 heteroatoms. The monoisotopic (exact) mass is 1080 g/mol. The molecule has 4 aliphatic rings. The van der Waals surface area contributed by atoms with Crippen LogP contribution >= 0.6 is 13.5 Å². The first-order valence-electron chi connectivity index (χ1n) is 24.5. The minimum absolute atomic E-state index is 0. The highest BCUT2D eigenvalue weighted by Crippen LogP contribution is 2.39. The molecule has 0 saturated carbocycles. The Bertz CT molecular complexity index is 3030. The van der Waals surface area contributed by atoms with Gasteiger partial charge in [-0.15, -0.1) is 0 Å². The second-order valence-electron chi connectivity index (χ2n) is 20.2. The van der Waals surface area contributed by atoms with E-state index in [0.29, 0.717) is 101 Å². The molecule has 2 atom stereocenters. The third kappa shape index (κ3) is 11.9. The van der Waals surface area contributed by atoms with Gasteiger partial charge in [-0.05, 0) is 95.4 Å². The summed E-state index contributed by atoms with van der Waals surface area (Å²) in [6, 6.07) is 21.0. The van der Waals surface area contributed by atoms with Crippen LogP contribution in [0, 0.1) is 10.8 Å². The van der Waals surface area contributed by atoms with E-state index in [1.165, 1.54) is 0 Å². The average Bonchev–Trinajstić information content (AvgIpc) is 3.99. The van der Waals surface area contributed by atoms with Crippen LogP contribution in [0.5, 0.6) is 0 Å². The van der Waals surface area contributed by atoms with Crippen LogP contribution in [0.4, 0.5) is 26.3 Å².